The van der Waals surface area contributed by atoms with Gasteiger partial charge in [0.2, 0.25) is 11.0 Å². The number of nitrogens with zero attached hydrogens (tertiary/aromatic N) is 1. The minimum Gasteiger partial charge on any atom is -0.465 e. The van der Waals surface area contributed by atoms with E-state index < -0.39 is 207 Å². The second-order valence-corrected chi connectivity index (χ2v) is 17.1. The number of hydrogen-bond donors (Lipinski definition) is 0. The summed E-state index contributed by atoms with van der Waals surface area (Å²) in [5, 5.41) is 0. The van der Waals surface area contributed by atoms with Gasteiger partial charge in [-0.1, -0.05) is 72.0 Å². The highest BCUT2D eigenvalue weighted by Crippen LogP contribution is 2.41. The molecule has 5 nitrogen and oxygen atoms in total. The Balaban J connectivity index is 0.000000455. The van der Waals surface area contributed by atoms with Gasteiger partial charge in [-0.25, -0.2) is 9.59 Å². The largest absolute Gasteiger partial charge is 0.465 e. The molecule has 0 unspecified atom stereocenters. The fourth-order valence-corrected chi connectivity index (χ4v) is 8.75. The third-order valence-electron chi connectivity index (χ3n) is 11.2. The molecule has 0 aliphatic carbocycles. The highest BCUT2D eigenvalue weighted by molar-refractivity contribution is 7.20. The van der Waals surface area contributed by atoms with E-state index in [1.807, 2.05) is 34.3 Å². The number of allylic oxidation sites excluding steroid dienone is 1. The smallest absolute Gasteiger partial charge is 0.416 e. The van der Waals surface area contributed by atoms with Crippen molar-refractivity contribution in [2.45, 2.75) is 56.0 Å². The van der Waals surface area contributed by atoms with Crippen molar-refractivity contribution in [1.82, 2.24) is 0 Å². The SMILES string of the molecule is COC(=O)C(=CC[n+]1csc2ccccc21)C(=O)OC.FC(F)(F)c1cc([B-](c2cc(C(F)(F)F)cc(C(F)(F)F)c2)(c2cc(C(F)(F)F)cc(C(F)(F)F)c2)c2cc(C(F)(F)F)cc(C(F)(F)F)c2)cc(C(F)(F)F)c1. The highest BCUT2D eigenvalue weighted by atomic mass is 32.1. The van der Waals surface area contributed by atoms with Gasteiger partial charge in [0.1, 0.15) is 16.4 Å². The molecule has 0 radical (unpaired) electrons. The summed E-state index contributed by atoms with van der Waals surface area (Å²) in [4.78, 5) is 23.1. The van der Waals surface area contributed by atoms with Crippen LogP contribution in [0.5, 0.6) is 0 Å². The average molecular weight is 1160 g/mol. The first-order chi connectivity index (χ1) is 34.9. The summed E-state index contributed by atoms with van der Waals surface area (Å²) < 4.78 is 353. The van der Waals surface area contributed by atoms with E-state index in [9.17, 15) is 115 Å². The first-order valence-electron chi connectivity index (χ1n) is 20.5. The molecule has 0 aliphatic rings. The normalized spacial score (nSPS) is 13.2. The first kappa shape index (κ1) is 60.9. The van der Waals surface area contributed by atoms with E-state index in [-0.39, 0.29) is 5.57 Å². The molecular weight excluding hydrogens is 1130 g/mol. The van der Waals surface area contributed by atoms with Gasteiger partial charge in [0.15, 0.2) is 6.54 Å². The molecule has 0 atom stereocenters. The van der Waals surface area contributed by atoms with Gasteiger partial charge in [-0.2, -0.15) is 132 Å². The number of carbonyl (C=O) groups is 2. The van der Waals surface area contributed by atoms with Crippen LogP contribution in [-0.4, -0.2) is 32.3 Å². The lowest BCUT2D eigenvalue weighted by atomic mass is 9.12. The summed E-state index contributed by atoms with van der Waals surface area (Å²) in [6, 6.07) is -0.906. The zero-order valence-electron chi connectivity index (χ0n) is 37.7. The Labute approximate surface area is 418 Å². The zero-order chi connectivity index (χ0) is 58.4. The molecule has 1 aromatic heterocycles. The maximum Gasteiger partial charge on any atom is 0.416 e. The Kier molecular flexibility index (Phi) is 16.7. The predicted octanol–water partition coefficient (Wildman–Crippen LogP) is 12.7. The molecule has 0 saturated carbocycles. The number of para-hydroxylation sites is 1. The Hall–Kier alpha value is -6.95. The second kappa shape index (κ2) is 21.1. The lowest BCUT2D eigenvalue weighted by Crippen LogP contribution is -2.75. The number of fused-ring (bicyclic) bond motifs is 1. The van der Waals surface area contributed by atoms with Crippen molar-refractivity contribution in [3.8, 4) is 0 Å². The van der Waals surface area contributed by atoms with Crippen LogP contribution in [0.4, 0.5) is 105 Å². The van der Waals surface area contributed by atoms with Gasteiger partial charge in [-0.15, -0.1) is 0 Å². The molecule has 77 heavy (non-hydrogen) atoms. The van der Waals surface area contributed by atoms with Crippen LogP contribution in [0.1, 0.15) is 44.5 Å². The third kappa shape index (κ3) is 13.8. The maximum atomic E-state index is 14.2. The predicted molar refractivity (Wildman–Crippen MR) is 224 cm³/mol. The number of carbonyl (C=O) groups excluding carboxylic acids is 2. The molecule has 31 heteroatoms. The fraction of sp³-hybridized carbons (Fsp3) is 0.239. The number of esters is 2. The molecule has 0 fully saturated rings. The molecular formula is C46H26BF24NO4S. The molecule has 0 aliphatic heterocycles. The van der Waals surface area contributed by atoms with Crippen molar-refractivity contribution in [3.63, 3.8) is 0 Å². The molecule has 416 valence electrons. The molecule has 1 heterocycles. The molecule has 0 N–H and O–H groups in total. The van der Waals surface area contributed by atoms with Crippen molar-refractivity contribution >= 4 is 61.5 Å². The molecule has 5 aromatic carbocycles. The molecule has 6 rings (SSSR count). The van der Waals surface area contributed by atoms with Crippen LogP contribution in [0.25, 0.3) is 10.2 Å². The van der Waals surface area contributed by atoms with Crippen molar-refractivity contribution in [2.75, 3.05) is 14.2 Å². The Bertz CT molecular complexity index is 2740. The van der Waals surface area contributed by atoms with Crippen LogP contribution in [0.15, 0.2) is 114 Å². The van der Waals surface area contributed by atoms with Gasteiger partial charge in [0, 0.05) is 12.1 Å². The molecule has 0 amide bonds. The second-order valence-electron chi connectivity index (χ2n) is 16.2. The van der Waals surface area contributed by atoms with Gasteiger partial charge >= 0.3 is 61.3 Å². The summed E-state index contributed by atoms with van der Waals surface area (Å²) in [5.74, 6) is -1.39. The van der Waals surface area contributed by atoms with Crippen molar-refractivity contribution in [1.29, 1.82) is 0 Å². The average Bonchev–Trinajstić information content (AvgIpc) is 3.72. The van der Waals surface area contributed by atoms with E-state index in [0.29, 0.717) is 6.54 Å². The van der Waals surface area contributed by atoms with E-state index in [2.05, 4.69) is 9.47 Å². The lowest BCUT2D eigenvalue weighted by molar-refractivity contribution is -0.656. The topological polar surface area (TPSA) is 56.5 Å². The maximum absolute atomic E-state index is 14.2. The van der Waals surface area contributed by atoms with Crippen LogP contribution in [0.3, 0.4) is 0 Å². The summed E-state index contributed by atoms with van der Waals surface area (Å²) >= 11 is 1.60. The zero-order valence-corrected chi connectivity index (χ0v) is 38.6. The van der Waals surface area contributed by atoms with Crippen LogP contribution >= 0.6 is 11.3 Å². The van der Waals surface area contributed by atoms with Crippen LogP contribution in [0, 0.1) is 0 Å². The van der Waals surface area contributed by atoms with Gasteiger partial charge in [-0.3, -0.25) is 0 Å². The van der Waals surface area contributed by atoms with Crippen LogP contribution in [-0.2, 0) is 75.0 Å². The Morgan fingerprint density at radius 1 is 0.429 bits per heavy atom. The number of halogens is 24. The number of alkyl halides is 24. The summed E-state index contributed by atoms with van der Waals surface area (Å²) in [6.45, 7) is 0.392. The van der Waals surface area contributed by atoms with Crippen molar-refractivity contribution in [2.24, 2.45) is 0 Å². The molecule has 6 aromatic rings. The number of benzene rings is 5. The van der Waals surface area contributed by atoms with E-state index in [1.54, 1.807) is 11.3 Å². The Morgan fingerprint density at radius 2 is 0.675 bits per heavy atom. The van der Waals surface area contributed by atoms with Crippen molar-refractivity contribution < 1.29 is 129 Å². The first-order valence-corrected chi connectivity index (χ1v) is 21.4. The van der Waals surface area contributed by atoms with E-state index in [1.165, 1.54) is 20.3 Å². The monoisotopic (exact) mass is 1160 g/mol. The highest BCUT2D eigenvalue weighted by Gasteiger charge is 2.47. The van der Waals surface area contributed by atoms with Crippen LogP contribution < -0.4 is 26.4 Å². The number of ether oxygens (including phenoxy) is 2. The minimum atomic E-state index is -6.13. The van der Waals surface area contributed by atoms with Crippen LogP contribution in [0.2, 0.25) is 0 Å². The summed E-state index contributed by atoms with van der Waals surface area (Å²) in [5.41, 5.74) is -27.3. The van der Waals surface area contributed by atoms with Gasteiger partial charge in [0.05, 0.1) is 58.7 Å². The van der Waals surface area contributed by atoms with E-state index in [4.69, 9.17) is 0 Å². The number of aromatic nitrogens is 1. The van der Waals surface area contributed by atoms with E-state index in [0.717, 1.165) is 10.2 Å². The number of hydrogen-bond acceptors (Lipinski definition) is 5. The van der Waals surface area contributed by atoms with Crippen molar-refractivity contribution in [3.05, 3.63) is 159 Å². The number of thiazole rings is 1. The van der Waals surface area contributed by atoms with Gasteiger partial charge in [-0.05, 0) is 30.3 Å². The number of methoxy groups -OCH3 is 2. The third-order valence-corrected chi connectivity index (χ3v) is 12.2. The molecule has 0 bridgehead atoms. The standard InChI is InChI=1S/C32H12BF24.C14H14NO4S/c34-25(35,36)13-1-14(26(37,38)39)6-21(5-13)33(22-7-15(27(40,41)42)2-16(8-22)28(43,44)45,23-9-17(29(46,47)48)3-18(10-23)30(49,50)51)24-11-19(31(52,53)54)4-20(12-24)32(55,56)57;1-18-13(16)10(14(17)19-2)7-8-15-9-20-12-6-4-3-5-11(12)15/h1-12H;3-7,9H,8H2,1-2H3/q-1;+1. The summed E-state index contributed by atoms with van der Waals surface area (Å²) in [6.07, 6.45) is -53.3. The van der Waals surface area contributed by atoms with E-state index >= 15 is 0 Å². The fourth-order valence-electron chi connectivity index (χ4n) is 7.84. The quantitative estimate of drug-likeness (QED) is 0.0290. The molecule has 0 saturated heterocycles. The van der Waals surface area contributed by atoms with Gasteiger partial charge in [0.25, 0.3) is 0 Å². The molecule has 0 spiro atoms. The summed E-state index contributed by atoms with van der Waals surface area (Å²) in [7, 11) is 2.46. The lowest BCUT2D eigenvalue weighted by Gasteiger charge is -2.46. The minimum absolute atomic E-state index is 0.0993. The Morgan fingerprint density at radius 3 is 0.909 bits per heavy atom. The van der Waals surface area contributed by atoms with Gasteiger partial charge < -0.3 is 9.47 Å². The number of rotatable bonds is 8.